The minimum absolute atomic E-state index is 0.224. The minimum atomic E-state index is 0.224. The van der Waals surface area contributed by atoms with Crippen molar-refractivity contribution in [1.29, 1.82) is 0 Å². The Morgan fingerprint density at radius 2 is 1.96 bits per heavy atom. The van der Waals surface area contributed by atoms with E-state index in [1.165, 1.54) is 22.4 Å². The van der Waals surface area contributed by atoms with Crippen LogP contribution >= 0.6 is 11.3 Å². The van der Waals surface area contributed by atoms with Gasteiger partial charge in [0.2, 0.25) is 5.89 Å². The van der Waals surface area contributed by atoms with Gasteiger partial charge < -0.3 is 4.42 Å². The van der Waals surface area contributed by atoms with Crippen molar-refractivity contribution in [3.63, 3.8) is 0 Å². The Balaban J connectivity index is 1.49. The molecule has 1 aliphatic heterocycles. The van der Waals surface area contributed by atoms with E-state index in [0.29, 0.717) is 11.8 Å². The summed E-state index contributed by atoms with van der Waals surface area (Å²) in [5, 5.41) is 8.65. The molecule has 0 amide bonds. The number of likely N-dealkylation sites (tertiary alicyclic amines) is 1. The van der Waals surface area contributed by atoms with Gasteiger partial charge in [0.15, 0.2) is 0 Å². The number of thiophene rings is 1. The molecule has 1 atom stereocenters. The molecule has 0 bridgehead atoms. The summed E-state index contributed by atoms with van der Waals surface area (Å²) >= 11 is 1.69. The van der Waals surface area contributed by atoms with Gasteiger partial charge in [0, 0.05) is 11.4 Å². The summed E-state index contributed by atoms with van der Waals surface area (Å²) in [5.41, 5.74) is 2.73. The molecule has 4 rings (SSSR count). The Kier molecular flexibility index (Phi) is 4.92. The van der Waals surface area contributed by atoms with Gasteiger partial charge in [0.1, 0.15) is 0 Å². The molecule has 0 aliphatic carbocycles. The Hall–Kier alpha value is -1.98. The second-order valence-electron chi connectivity index (χ2n) is 7.38. The van der Waals surface area contributed by atoms with Crippen LogP contribution in [0.1, 0.15) is 60.5 Å². The third-order valence-electron chi connectivity index (χ3n) is 5.07. The first-order chi connectivity index (χ1) is 12.6. The van der Waals surface area contributed by atoms with E-state index >= 15 is 0 Å². The monoisotopic (exact) mass is 367 g/mol. The van der Waals surface area contributed by atoms with E-state index in [2.05, 4.69) is 72.3 Å². The summed E-state index contributed by atoms with van der Waals surface area (Å²) in [4.78, 5) is 4.77. The lowest BCUT2D eigenvalue weighted by Crippen LogP contribution is -2.23. The molecular weight excluding hydrogens is 342 g/mol. The largest absolute Gasteiger partial charge is 0.418 e. The van der Waals surface area contributed by atoms with Crippen molar-refractivity contribution in [2.75, 3.05) is 6.54 Å². The van der Waals surface area contributed by atoms with Gasteiger partial charge in [-0.05, 0) is 55.5 Å². The Labute approximate surface area is 158 Å². The lowest BCUT2D eigenvalue weighted by atomic mass is 10.0. The van der Waals surface area contributed by atoms with Crippen LogP contribution in [0.3, 0.4) is 0 Å². The smallest absolute Gasteiger partial charge is 0.257 e. The predicted octanol–water partition coefficient (Wildman–Crippen LogP) is 5.57. The second kappa shape index (κ2) is 7.33. The quantitative estimate of drug-likeness (QED) is 0.591. The van der Waals surface area contributed by atoms with Crippen molar-refractivity contribution in [3.05, 3.63) is 58.3 Å². The van der Waals surface area contributed by atoms with Crippen molar-refractivity contribution in [2.45, 2.75) is 52.1 Å². The summed E-state index contributed by atoms with van der Waals surface area (Å²) in [6.45, 7) is 8.56. The van der Waals surface area contributed by atoms with Gasteiger partial charge in [-0.25, -0.2) is 0 Å². The van der Waals surface area contributed by atoms with Crippen LogP contribution in [0.4, 0.5) is 0 Å². The molecule has 1 fully saturated rings. The number of benzene rings is 1. The number of hydrogen-bond donors (Lipinski definition) is 0. The fourth-order valence-electron chi connectivity index (χ4n) is 3.56. The van der Waals surface area contributed by atoms with Crippen molar-refractivity contribution in [2.24, 2.45) is 0 Å². The van der Waals surface area contributed by atoms with Gasteiger partial charge in [-0.3, -0.25) is 4.90 Å². The third-order valence-corrected chi connectivity index (χ3v) is 6.06. The molecule has 3 heterocycles. The van der Waals surface area contributed by atoms with Crippen molar-refractivity contribution in [1.82, 2.24) is 15.1 Å². The van der Waals surface area contributed by atoms with E-state index in [4.69, 9.17) is 4.42 Å². The third kappa shape index (κ3) is 3.60. The maximum Gasteiger partial charge on any atom is 0.257 e. The van der Waals surface area contributed by atoms with E-state index in [0.717, 1.165) is 30.3 Å². The Bertz CT molecular complexity index is 866. The van der Waals surface area contributed by atoms with Crippen LogP contribution in [0.2, 0.25) is 0 Å². The zero-order valence-electron chi connectivity index (χ0n) is 15.6. The molecule has 1 aromatic carbocycles. The summed E-state index contributed by atoms with van der Waals surface area (Å²) in [6, 6.07) is 13.4. The maximum atomic E-state index is 6.03. The first kappa shape index (κ1) is 17.4. The van der Waals surface area contributed by atoms with Crippen LogP contribution in [0.25, 0.3) is 10.8 Å². The maximum absolute atomic E-state index is 6.03. The molecule has 0 spiro atoms. The van der Waals surface area contributed by atoms with Gasteiger partial charge in [0.05, 0.1) is 10.9 Å². The average Bonchev–Trinajstić information content (AvgIpc) is 3.35. The van der Waals surface area contributed by atoms with E-state index < -0.39 is 0 Å². The van der Waals surface area contributed by atoms with Gasteiger partial charge >= 0.3 is 0 Å². The average molecular weight is 368 g/mol. The highest BCUT2D eigenvalue weighted by atomic mass is 32.1. The summed E-state index contributed by atoms with van der Waals surface area (Å²) in [7, 11) is 0. The van der Waals surface area contributed by atoms with E-state index in [9.17, 15) is 0 Å². The number of hydrogen-bond acceptors (Lipinski definition) is 5. The van der Waals surface area contributed by atoms with Crippen LogP contribution in [-0.4, -0.2) is 21.6 Å². The van der Waals surface area contributed by atoms with Crippen LogP contribution in [0, 0.1) is 6.92 Å². The summed E-state index contributed by atoms with van der Waals surface area (Å²) < 4.78 is 6.03. The van der Waals surface area contributed by atoms with Crippen molar-refractivity contribution < 1.29 is 4.42 Å². The first-order valence-electron chi connectivity index (χ1n) is 9.33. The molecule has 1 unspecified atom stereocenters. The van der Waals surface area contributed by atoms with Crippen molar-refractivity contribution in [3.8, 4) is 10.8 Å². The van der Waals surface area contributed by atoms with Crippen LogP contribution in [-0.2, 0) is 6.54 Å². The summed E-state index contributed by atoms with van der Waals surface area (Å²) in [5.74, 6) is 1.97. The molecule has 1 saturated heterocycles. The van der Waals surface area contributed by atoms with Gasteiger partial charge in [-0.15, -0.1) is 21.5 Å². The lowest BCUT2D eigenvalue weighted by molar-refractivity contribution is 0.215. The normalized spacial score (nSPS) is 18.1. The molecule has 0 N–H and O–H groups in total. The molecule has 2 aromatic heterocycles. The van der Waals surface area contributed by atoms with Gasteiger partial charge in [-0.1, -0.05) is 38.1 Å². The van der Waals surface area contributed by atoms with Gasteiger partial charge in [0.25, 0.3) is 5.89 Å². The van der Waals surface area contributed by atoms with Crippen molar-refractivity contribution >= 4 is 11.3 Å². The van der Waals surface area contributed by atoms with Gasteiger partial charge in [-0.2, -0.15) is 0 Å². The molecule has 5 heteroatoms. The molecule has 3 aromatic rings. The highest BCUT2D eigenvalue weighted by Crippen LogP contribution is 2.35. The SMILES string of the molecule is Cc1ccc(-c2nnc(C3CCCN3Cc3ccc(C(C)C)cc3)o2)s1. The standard InChI is InChI=1S/C21H25N3OS/c1-14(2)17-9-7-16(8-10-17)13-24-12-4-5-18(24)20-22-23-21(25-20)19-11-6-15(3)26-19/h6-11,14,18H,4-5,12-13H2,1-3H3. The highest BCUT2D eigenvalue weighted by Gasteiger charge is 2.30. The van der Waals surface area contributed by atoms with E-state index in [1.54, 1.807) is 11.3 Å². The fraction of sp³-hybridized carbons (Fsp3) is 0.429. The summed E-state index contributed by atoms with van der Waals surface area (Å²) in [6.07, 6.45) is 2.25. The number of aromatic nitrogens is 2. The Morgan fingerprint density at radius 1 is 1.15 bits per heavy atom. The number of aryl methyl sites for hydroxylation is 1. The molecular formula is C21H25N3OS. The van der Waals surface area contributed by atoms with Crippen LogP contribution in [0.15, 0.2) is 40.8 Å². The molecule has 1 aliphatic rings. The topological polar surface area (TPSA) is 42.2 Å². The van der Waals surface area contributed by atoms with E-state index in [-0.39, 0.29) is 6.04 Å². The molecule has 26 heavy (non-hydrogen) atoms. The fourth-order valence-corrected chi connectivity index (χ4v) is 4.34. The lowest BCUT2D eigenvalue weighted by Gasteiger charge is -2.21. The Morgan fingerprint density at radius 3 is 2.65 bits per heavy atom. The zero-order chi connectivity index (χ0) is 18.1. The molecule has 0 radical (unpaired) electrons. The second-order valence-corrected chi connectivity index (χ2v) is 8.67. The molecule has 4 nitrogen and oxygen atoms in total. The molecule has 0 saturated carbocycles. The van der Waals surface area contributed by atoms with Crippen LogP contribution < -0.4 is 0 Å². The first-order valence-corrected chi connectivity index (χ1v) is 10.1. The minimum Gasteiger partial charge on any atom is -0.418 e. The zero-order valence-corrected chi connectivity index (χ0v) is 16.4. The number of nitrogens with zero attached hydrogens (tertiary/aromatic N) is 3. The number of rotatable bonds is 5. The van der Waals surface area contributed by atoms with Crippen LogP contribution in [0.5, 0.6) is 0 Å². The van der Waals surface area contributed by atoms with E-state index in [1.807, 2.05) is 0 Å². The highest BCUT2D eigenvalue weighted by molar-refractivity contribution is 7.15. The predicted molar refractivity (Wildman–Crippen MR) is 105 cm³/mol. The molecule has 136 valence electrons.